The number of amides is 2. The smallest absolute Gasteiger partial charge is 0.323 e. The fraction of sp³-hybridized carbons (Fsp3) is 0.118. The number of benzene rings is 2. The lowest BCUT2D eigenvalue weighted by Crippen LogP contribution is -2.19. The van der Waals surface area contributed by atoms with Crippen molar-refractivity contribution in [2.45, 2.75) is 6.42 Å². The molecule has 1 heterocycles. The van der Waals surface area contributed by atoms with Crippen LogP contribution >= 0.6 is 11.6 Å². The van der Waals surface area contributed by atoms with Gasteiger partial charge < -0.3 is 20.7 Å². The third kappa shape index (κ3) is 3.40. The van der Waals surface area contributed by atoms with Gasteiger partial charge in [0.25, 0.3) is 0 Å². The third-order valence-electron chi connectivity index (χ3n) is 3.49. The molecule has 0 atom stereocenters. The van der Waals surface area contributed by atoms with Gasteiger partial charge in [0.1, 0.15) is 5.75 Å². The van der Waals surface area contributed by atoms with E-state index in [4.69, 9.17) is 16.3 Å². The second-order valence-electron chi connectivity index (χ2n) is 5.20. The molecule has 0 aliphatic carbocycles. The first kappa shape index (κ1) is 15.2. The summed E-state index contributed by atoms with van der Waals surface area (Å²) < 4.78 is 5.20. The summed E-state index contributed by atoms with van der Waals surface area (Å²) in [6, 6.07) is 10.3. The van der Waals surface area contributed by atoms with Crippen LogP contribution in [0.1, 0.15) is 5.56 Å². The Labute approximate surface area is 139 Å². The number of allylic oxidation sites excluding steroid dienone is 1. The predicted molar refractivity (Wildman–Crippen MR) is 93.6 cm³/mol. The zero-order valence-corrected chi connectivity index (χ0v) is 13.3. The van der Waals surface area contributed by atoms with Gasteiger partial charge in [0.05, 0.1) is 12.8 Å². The van der Waals surface area contributed by atoms with E-state index < -0.39 is 0 Å². The van der Waals surface area contributed by atoms with Gasteiger partial charge in [-0.15, -0.1) is 0 Å². The van der Waals surface area contributed by atoms with Crippen LogP contribution in [0.2, 0.25) is 5.02 Å². The van der Waals surface area contributed by atoms with E-state index in [0.717, 1.165) is 23.4 Å². The van der Waals surface area contributed by atoms with Crippen molar-refractivity contribution in [1.82, 2.24) is 0 Å². The van der Waals surface area contributed by atoms with Crippen molar-refractivity contribution >= 4 is 34.7 Å². The van der Waals surface area contributed by atoms with E-state index in [0.29, 0.717) is 22.1 Å². The molecule has 0 aromatic heterocycles. The third-order valence-corrected chi connectivity index (χ3v) is 3.72. The number of hydrogen-bond acceptors (Lipinski definition) is 3. The quantitative estimate of drug-likeness (QED) is 0.778. The van der Waals surface area contributed by atoms with Gasteiger partial charge >= 0.3 is 6.03 Å². The molecule has 0 unspecified atom stereocenters. The minimum Gasteiger partial charge on any atom is -0.495 e. The van der Waals surface area contributed by atoms with Crippen LogP contribution in [0.3, 0.4) is 0 Å². The Hall–Kier alpha value is -2.66. The lowest BCUT2D eigenvalue weighted by Gasteiger charge is -2.12. The van der Waals surface area contributed by atoms with Crippen LogP contribution in [-0.2, 0) is 6.42 Å². The molecular formula is C17H16ClN3O2. The van der Waals surface area contributed by atoms with Crippen LogP contribution in [0.5, 0.6) is 5.75 Å². The van der Waals surface area contributed by atoms with Crippen molar-refractivity contribution in [1.29, 1.82) is 0 Å². The predicted octanol–water partition coefficient (Wildman–Crippen LogP) is 4.47. The van der Waals surface area contributed by atoms with Gasteiger partial charge in [-0.25, -0.2) is 4.79 Å². The van der Waals surface area contributed by atoms with E-state index in [9.17, 15) is 4.79 Å². The molecule has 3 rings (SSSR count). The van der Waals surface area contributed by atoms with E-state index in [2.05, 4.69) is 22.5 Å². The van der Waals surface area contributed by atoms with E-state index in [1.165, 1.54) is 7.11 Å². The van der Waals surface area contributed by atoms with Gasteiger partial charge in [-0.05, 0) is 42.0 Å². The first-order valence-corrected chi connectivity index (χ1v) is 7.42. The molecule has 2 amide bonds. The molecule has 0 saturated heterocycles. The SMILES string of the molecule is C=C1Cc2cc(NC(=O)Nc3cc(Cl)ccc3OC)ccc2N1. The summed E-state index contributed by atoms with van der Waals surface area (Å²) in [4.78, 5) is 12.2. The number of anilines is 3. The highest BCUT2D eigenvalue weighted by atomic mass is 35.5. The summed E-state index contributed by atoms with van der Waals surface area (Å²) in [7, 11) is 1.53. The number of carbonyl (C=O) groups excluding carboxylic acids is 1. The second kappa shape index (κ2) is 6.22. The number of urea groups is 1. The molecule has 5 nitrogen and oxygen atoms in total. The van der Waals surface area contributed by atoms with Crippen molar-refractivity contribution in [3.63, 3.8) is 0 Å². The highest BCUT2D eigenvalue weighted by Crippen LogP contribution is 2.30. The van der Waals surface area contributed by atoms with Gasteiger partial charge in [-0.2, -0.15) is 0 Å². The minimum absolute atomic E-state index is 0.365. The van der Waals surface area contributed by atoms with Crippen molar-refractivity contribution in [2.75, 3.05) is 23.1 Å². The average Bonchev–Trinajstić information content (AvgIpc) is 2.86. The van der Waals surface area contributed by atoms with Crippen LogP contribution in [-0.4, -0.2) is 13.1 Å². The maximum absolute atomic E-state index is 12.2. The van der Waals surface area contributed by atoms with Crippen LogP contribution < -0.4 is 20.7 Å². The normalized spacial score (nSPS) is 12.3. The number of ether oxygens (including phenoxy) is 1. The lowest BCUT2D eigenvalue weighted by atomic mass is 10.1. The summed E-state index contributed by atoms with van der Waals surface area (Å²) in [5.74, 6) is 0.541. The summed E-state index contributed by atoms with van der Waals surface area (Å²) >= 11 is 5.95. The van der Waals surface area contributed by atoms with E-state index in [1.807, 2.05) is 18.2 Å². The van der Waals surface area contributed by atoms with E-state index >= 15 is 0 Å². The molecule has 2 aromatic rings. The van der Waals surface area contributed by atoms with Gasteiger partial charge in [0, 0.05) is 28.5 Å². The van der Waals surface area contributed by atoms with Crippen LogP contribution in [0, 0.1) is 0 Å². The van der Waals surface area contributed by atoms with Gasteiger partial charge in [0.2, 0.25) is 0 Å². The first-order chi connectivity index (χ1) is 11.0. The standard InChI is InChI=1S/C17H16ClN3O2/c1-10-7-11-8-13(4-5-14(11)19-10)20-17(22)21-15-9-12(18)3-6-16(15)23-2/h3-6,8-9,19H,1,7H2,2H3,(H2,20,21,22). The molecule has 3 N–H and O–H groups in total. The second-order valence-corrected chi connectivity index (χ2v) is 5.64. The zero-order valence-electron chi connectivity index (χ0n) is 12.6. The molecule has 1 aliphatic heterocycles. The zero-order chi connectivity index (χ0) is 16.4. The number of carbonyl (C=O) groups is 1. The van der Waals surface area contributed by atoms with Gasteiger partial charge in [0.15, 0.2) is 0 Å². The number of nitrogens with one attached hydrogen (secondary N) is 3. The molecule has 118 valence electrons. The molecule has 0 saturated carbocycles. The Kier molecular flexibility index (Phi) is 4.12. The van der Waals surface area contributed by atoms with Crippen molar-refractivity contribution in [2.24, 2.45) is 0 Å². The number of halogens is 1. The van der Waals surface area contributed by atoms with Gasteiger partial charge in [-0.1, -0.05) is 18.2 Å². The number of fused-ring (bicyclic) bond motifs is 1. The molecular weight excluding hydrogens is 314 g/mol. The van der Waals surface area contributed by atoms with Gasteiger partial charge in [-0.3, -0.25) is 0 Å². The Bertz CT molecular complexity index is 789. The molecule has 0 fully saturated rings. The summed E-state index contributed by atoms with van der Waals surface area (Å²) in [6.07, 6.45) is 0.759. The molecule has 0 radical (unpaired) electrons. The maximum Gasteiger partial charge on any atom is 0.323 e. The molecule has 6 heteroatoms. The monoisotopic (exact) mass is 329 g/mol. The highest BCUT2D eigenvalue weighted by Gasteiger charge is 2.14. The summed E-state index contributed by atoms with van der Waals surface area (Å²) in [6.45, 7) is 3.91. The number of hydrogen-bond donors (Lipinski definition) is 3. The van der Waals surface area contributed by atoms with E-state index in [-0.39, 0.29) is 6.03 Å². The fourth-order valence-corrected chi connectivity index (χ4v) is 2.64. The number of methoxy groups -OCH3 is 1. The summed E-state index contributed by atoms with van der Waals surface area (Å²) in [5, 5.41) is 9.24. The first-order valence-electron chi connectivity index (χ1n) is 7.04. The largest absolute Gasteiger partial charge is 0.495 e. The molecule has 1 aliphatic rings. The Morgan fingerprint density at radius 1 is 1.26 bits per heavy atom. The minimum atomic E-state index is -0.365. The van der Waals surface area contributed by atoms with Crippen LogP contribution in [0.25, 0.3) is 0 Å². The Morgan fingerprint density at radius 3 is 2.87 bits per heavy atom. The molecule has 0 spiro atoms. The van der Waals surface area contributed by atoms with Crippen molar-refractivity contribution in [3.8, 4) is 5.75 Å². The Morgan fingerprint density at radius 2 is 2.09 bits per heavy atom. The van der Waals surface area contributed by atoms with Crippen LogP contribution in [0.15, 0.2) is 48.7 Å². The summed E-state index contributed by atoms with van der Waals surface area (Å²) in [5.41, 5.74) is 4.29. The molecule has 23 heavy (non-hydrogen) atoms. The number of rotatable bonds is 3. The van der Waals surface area contributed by atoms with Crippen LogP contribution in [0.4, 0.5) is 21.9 Å². The van der Waals surface area contributed by atoms with Crippen molar-refractivity contribution < 1.29 is 9.53 Å². The molecule has 0 bridgehead atoms. The van der Waals surface area contributed by atoms with E-state index in [1.54, 1.807) is 18.2 Å². The highest BCUT2D eigenvalue weighted by molar-refractivity contribution is 6.31. The maximum atomic E-state index is 12.2. The van der Waals surface area contributed by atoms with Crippen molar-refractivity contribution in [3.05, 3.63) is 59.3 Å². The topological polar surface area (TPSA) is 62.4 Å². The Balaban J connectivity index is 1.72. The molecule has 2 aromatic carbocycles. The fourth-order valence-electron chi connectivity index (χ4n) is 2.47. The lowest BCUT2D eigenvalue weighted by molar-refractivity contribution is 0.262. The average molecular weight is 330 g/mol.